The quantitative estimate of drug-likeness (QED) is 0.779. The molecule has 2 rings (SSSR count). The molecule has 0 saturated carbocycles. The van der Waals surface area contributed by atoms with Gasteiger partial charge in [-0.1, -0.05) is 41.9 Å². The monoisotopic (exact) mass is 264 g/mol. The summed E-state index contributed by atoms with van der Waals surface area (Å²) in [5, 5.41) is 28.3. The molecule has 92 valence electrons. The van der Waals surface area contributed by atoms with Crippen molar-refractivity contribution in [2.24, 2.45) is 0 Å². The molecule has 0 saturated heterocycles. The zero-order chi connectivity index (χ0) is 13.3. The lowest BCUT2D eigenvalue weighted by molar-refractivity contribution is 0.0690. The van der Waals surface area contributed by atoms with Crippen LogP contribution in [0, 0.1) is 0 Å². The van der Waals surface area contributed by atoms with Gasteiger partial charge in [0.1, 0.15) is 11.3 Å². The van der Waals surface area contributed by atoms with Crippen LogP contribution >= 0.6 is 11.6 Å². The standard InChI is InChI=1S/C13H9ClO4/c14-9-6-8(7-4-2-1-3-5-7)11(15)10(12(9)16)13(17)18/h1-6,15-16H,(H,17,18). The Bertz CT molecular complexity index is 608. The van der Waals surface area contributed by atoms with Crippen molar-refractivity contribution < 1.29 is 20.1 Å². The second-order valence-electron chi connectivity index (χ2n) is 3.65. The Labute approximate surface area is 108 Å². The Morgan fingerprint density at radius 3 is 2.22 bits per heavy atom. The number of rotatable bonds is 2. The first-order valence-corrected chi connectivity index (χ1v) is 5.43. The lowest BCUT2D eigenvalue weighted by atomic mass is 10.0. The fourth-order valence-corrected chi connectivity index (χ4v) is 1.87. The van der Waals surface area contributed by atoms with E-state index in [-0.39, 0.29) is 10.6 Å². The number of aromatic hydroxyl groups is 2. The molecular weight excluding hydrogens is 256 g/mol. The average Bonchev–Trinajstić information content (AvgIpc) is 2.34. The fourth-order valence-electron chi connectivity index (χ4n) is 1.67. The summed E-state index contributed by atoms with van der Waals surface area (Å²) in [7, 11) is 0. The van der Waals surface area contributed by atoms with E-state index < -0.39 is 23.0 Å². The van der Waals surface area contributed by atoms with Gasteiger partial charge in [-0.25, -0.2) is 4.79 Å². The number of hydrogen-bond donors (Lipinski definition) is 3. The Morgan fingerprint density at radius 1 is 1.06 bits per heavy atom. The molecule has 0 spiro atoms. The van der Waals surface area contributed by atoms with Crippen molar-refractivity contribution in [2.75, 3.05) is 0 Å². The predicted molar refractivity (Wildman–Crippen MR) is 67.2 cm³/mol. The Balaban J connectivity index is 2.75. The smallest absolute Gasteiger partial charge is 0.343 e. The third-order valence-electron chi connectivity index (χ3n) is 2.52. The first-order chi connectivity index (χ1) is 8.52. The number of phenols is 2. The third-order valence-corrected chi connectivity index (χ3v) is 2.81. The Hall–Kier alpha value is -2.20. The van der Waals surface area contributed by atoms with Gasteiger partial charge in [-0.15, -0.1) is 0 Å². The van der Waals surface area contributed by atoms with E-state index in [2.05, 4.69) is 0 Å². The normalized spacial score (nSPS) is 10.3. The Kier molecular flexibility index (Phi) is 3.12. The molecule has 0 fully saturated rings. The van der Waals surface area contributed by atoms with Gasteiger partial charge >= 0.3 is 5.97 Å². The van der Waals surface area contributed by atoms with Crippen LogP contribution < -0.4 is 0 Å². The van der Waals surface area contributed by atoms with Crippen molar-refractivity contribution in [3.63, 3.8) is 0 Å². The molecule has 2 aromatic carbocycles. The molecule has 2 aromatic rings. The number of hydrogen-bond acceptors (Lipinski definition) is 3. The van der Waals surface area contributed by atoms with Gasteiger partial charge in [0.2, 0.25) is 0 Å². The van der Waals surface area contributed by atoms with Crippen LogP contribution in [0.1, 0.15) is 10.4 Å². The second kappa shape index (κ2) is 4.58. The van der Waals surface area contributed by atoms with Crippen molar-refractivity contribution in [2.45, 2.75) is 0 Å². The lowest BCUT2D eigenvalue weighted by Crippen LogP contribution is -1.99. The maximum atomic E-state index is 11.0. The van der Waals surface area contributed by atoms with Gasteiger partial charge in [-0.3, -0.25) is 0 Å². The van der Waals surface area contributed by atoms with Crippen LogP contribution in [-0.2, 0) is 0 Å². The summed E-state index contributed by atoms with van der Waals surface area (Å²) in [6, 6.07) is 10.0. The molecule has 0 unspecified atom stereocenters. The molecule has 18 heavy (non-hydrogen) atoms. The molecule has 3 N–H and O–H groups in total. The fraction of sp³-hybridized carbons (Fsp3) is 0. The first kappa shape index (κ1) is 12.3. The van der Waals surface area contributed by atoms with Crippen LogP contribution in [0.25, 0.3) is 11.1 Å². The van der Waals surface area contributed by atoms with Gasteiger partial charge in [-0.2, -0.15) is 0 Å². The largest absolute Gasteiger partial charge is 0.506 e. The van der Waals surface area contributed by atoms with E-state index in [1.165, 1.54) is 6.07 Å². The molecule has 5 heteroatoms. The van der Waals surface area contributed by atoms with Crippen molar-refractivity contribution in [1.82, 2.24) is 0 Å². The minimum Gasteiger partial charge on any atom is -0.506 e. The number of carboxylic acids is 1. The van der Waals surface area contributed by atoms with Crippen molar-refractivity contribution >= 4 is 17.6 Å². The number of carboxylic acid groups (broad SMARTS) is 1. The minimum atomic E-state index is -1.44. The van der Waals surface area contributed by atoms with Crippen molar-refractivity contribution in [1.29, 1.82) is 0 Å². The van der Waals surface area contributed by atoms with Crippen LogP contribution in [0.3, 0.4) is 0 Å². The predicted octanol–water partition coefficient (Wildman–Crippen LogP) is 3.12. The Morgan fingerprint density at radius 2 is 1.67 bits per heavy atom. The van der Waals surface area contributed by atoms with E-state index in [0.29, 0.717) is 5.56 Å². The molecule has 0 atom stereocenters. The van der Waals surface area contributed by atoms with Crippen LogP contribution in [0.5, 0.6) is 11.5 Å². The SMILES string of the molecule is O=C(O)c1c(O)c(Cl)cc(-c2ccccc2)c1O. The zero-order valence-corrected chi connectivity index (χ0v) is 9.85. The molecule has 0 aliphatic rings. The number of benzene rings is 2. The van der Waals surface area contributed by atoms with Crippen LogP contribution in [0.4, 0.5) is 0 Å². The van der Waals surface area contributed by atoms with Crippen LogP contribution in [0.15, 0.2) is 36.4 Å². The summed E-state index contributed by atoms with van der Waals surface area (Å²) in [6.07, 6.45) is 0. The van der Waals surface area contributed by atoms with Gasteiger partial charge in [-0.05, 0) is 11.6 Å². The van der Waals surface area contributed by atoms with Gasteiger partial charge in [0.05, 0.1) is 5.02 Å². The highest BCUT2D eigenvalue weighted by molar-refractivity contribution is 6.33. The summed E-state index contributed by atoms with van der Waals surface area (Å²) < 4.78 is 0. The summed E-state index contributed by atoms with van der Waals surface area (Å²) >= 11 is 5.76. The van der Waals surface area contributed by atoms with Gasteiger partial charge < -0.3 is 15.3 Å². The van der Waals surface area contributed by atoms with Crippen LogP contribution in [-0.4, -0.2) is 21.3 Å². The zero-order valence-electron chi connectivity index (χ0n) is 9.09. The third kappa shape index (κ3) is 1.98. The van der Waals surface area contributed by atoms with Gasteiger partial charge in [0.15, 0.2) is 5.75 Å². The highest BCUT2D eigenvalue weighted by Crippen LogP contribution is 2.41. The molecule has 0 heterocycles. The summed E-state index contributed by atoms with van der Waals surface area (Å²) in [5.74, 6) is -2.58. The molecule has 4 nitrogen and oxygen atoms in total. The van der Waals surface area contributed by atoms with E-state index in [1.807, 2.05) is 0 Å². The number of carbonyl (C=O) groups is 1. The summed E-state index contributed by atoms with van der Waals surface area (Å²) in [6.45, 7) is 0. The maximum absolute atomic E-state index is 11.0. The van der Waals surface area contributed by atoms with Crippen molar-refractivity contribution in [3.05, 3.63) is 47.0 Å². The molecular formula is C13H9ClO4. The van der Waals surface area contributed by atoms with Gasteiger partial charge in [0, 0.05) is 5.56 Å². The summed E-state index contributed by atoms with van der Waals surface area (Å²) in [5.41, 5.74) is 0.275. The van der Waals surface area contributed by atoms with E-state index in [0.717, 1.165) is 0 Å². The highest BCUT2D eigenvalue weighted by Gasteiger charge is 2.22. The number of aromatic carboxylic acids is 1. The topological polar surface area (TPSA) is 77.8 Å². The average molecular weight is 265 g/mol. The first-order valence-electron chi connectivity index (χ1n) is 5.05. The second-order valence-corrected chi connectivity index (χ2v) is 4.06. The maximum Gasteiger partial charge on any atom is 0.343 e. The number of halogens is 1. The van der Waals surface area contributed by atoms with Crippen molar-refractivity contribution in [3.8, 4) is 22.6 Å². The minimum absolute atomic E-state index is 0.121. The lowest BCUT2D eigenvalue weighted by Gasteiger charge is -2.10. The molecule has 0 radical (unpaired) electrons. The molecule has 0 bridgehead atoms. The van der Waals surface area contributed by atoms with E-state index in [4.69, 9.17) is 16.7 Å². The van der Waals surface area contributed by atoms with E-state index >= 15 is 0 Å². The molecule has 0 aliphatic carbocycles. The summed E-state index contributed by atoms with van der Waals surface area (Å²) in [4.78, 5) is 11.0. The van der Waals surface area contributed by atoms with Gasteiger partial charge in [0.25, 0.3) is 0 Å². The molecule has 0 amide bonds. The van der Waals surface area contributed by atoms with E-state index in [9.17, 15) is 15.0 Å². The van der Waals surface area contributed by atoms with E-state index in [1.54, 1.807) is 30.3 Å². The molecule has 0 aromatic heterocycles. The van der Waals surface area contributed by atoms with Crippen LogP contribution in [0.2, 0.25) is 5.02 Å². The molecule has 0 aliphatic heterocycles. The highest BCUT2D eigenvalue weighted by atomic mass is 35.5.